The van der Waals surface area contributed by atoms with Crippen molar-refractivity contribution >= 4 is 27.5 Å². The molecule has 1 heterocycles. The maximum atomic E-state index is 12.8. The SMILES string of the molecule is COc1cccc(CNC(=O)CN(C)S(=O)(=O)c2ccc3c(c2)CCC(=O)N3)c1. The highest BCUT2D eigenvalue weighted by atomic mass is 32.2. The number of hydrogen-bond acceptors (Lipinski definition) is 5. The Hall–Kier alpha value is -2.91. The number of hydrogen-bond donors (Lipinski definition) is 2. The third-order valence-corrected chi connectivity index (χ3v) is 6.47. The number of sulfonamides is 1. The van der Waals surface area contributed by atoms with E-state index in [4.69, 9.17) is 4.74 Å². The van der Waals surface area contributed by atoms with E-state index in [1.54, 1.807) is 31.4 Å². The number of carbonyl (C=O) groups excluding carboxylic acids is 2. The predicted molar refractivity (Wildman–Crippen MR) is 108 cm³/mol. The van der Waals surface area contributed by atoms with Gasteiger partial charge >= 0.3 is 0 Å². The van der Waals surface area contributed by atoms with Gasteiger partial charge in [-0.15, -0.1) is 0 Å². The quantitative estimate of drug-likeness (QED) is 0.711. The molecule has 1 aliphatic heterocycles. The van der Waals surface area contributed by atoms with Crippen LogP contribution in [0.5, 0.6) is 5.75 Å². The molecule has 8 nitrogen and oxygen atoms in total. The zero-order valence-corrected chi connectivity index (χ0v) is 17.1. The lowest BCUT2D eigenvalue weighted by Gasteiger charge is -2.20. The predicted octanol–water partition coefficient (Wildman–Crippen LogP) is 1.52. The van der Waals surface area contributed by atoms with Crippen LogP contribution in [0.3, 0.4) is 0 Å². The summed E-state index contributed by atoms with van der Waals surface area (Å²) in [5.41, 5.74) is 2.24. The molecule has 2 aromatic rings. The van der Waals surface area contributed by atoms with Crippen LogP contribution in [-0.2, 0) is 32.6 Å². The smallest absolute Gasteiger partial charge is 0.243 e. The van der Waals surface area contributed by atoms with Crippen molar-refractivity contribution in [3.8, 4) is 5.75 Å². The number of anilines is 1. The number of rotatable bonds is 7. The Morgan fingerprint density at radius 1 is 1.21 bits per heavy atom. The van der Waals surface area contributed by atoms with Crippen molar-refractivity contribution in [1.82, 2.24) is 9.62 Å². The molecule has 0 saturated heterocycles. The number of amides is 2. The fourth-order valence-corrected chi connectivity index (χ4v) is 4.20. The molecule has 154 valence electrons. The van der Waals surface area contributed by atoms with E-state index in [-0.39, 0.29) is 23.9 Å². The Balaban J connectivity index is 1.63. The van der Waals surface area contributed by atoms with Crippen molar-refractivity contribution in [3.63, 3.8) is 0 Å². The summed E-state index contributed by atoms with van der Waals surface area (Å²) in [5.74, 6) is 0.182. The largest absolute Gasteiger partial charge is 0.497 e. The molecule has 0 spiro atoms. The Morgan fingerprint density at radius 3 is 2.76 bits per heavy atom. The van der Waals surface area contributed by atoms with Crippen molar-refractivity contribution in [2.75, 3.05) is 26.0 Å². The minimum Gasteiger partial charge on any atom is -0.497 e. The highest BCUT2D eigenvalue weighted by Crippen LogP contribution is 2.26. The number of aryl methyl sites for hydroxylation is 1. The number of carbonyl (C=O) groups is 2. The summed E-state index contributed by atoms with van der Waals surface area (Å²) in [6.45, 7) is -0.0391. The summed E-state index contributed by atoms with van der Waals surface area (Å²) in [4.78, 5) is 23.8. The van der Waals surface area contributed by atoms with Gasteiger partial charge in [0.05, 0.1) is 18.6 Å². The Labute approximate surface area is 169 Å². The molecule has 0 aliphatic carbocycles. The van der Waals surface area contributed by atoms with Gasteiger partial charge in [0.25, 0.3) is 0 Å². The summed E-state index contributed by atoms with van der Waals surface area (Å²) in [6, 6.07) is 11.8. The monoisotopic (exact) mass is 417 g/mol. The number of nitrogens with zero attached hydrogens (tertiary/aromatic N) is 1. The molecule has 0 fully saturated rings. The van der Waals surface area contributed by atoms with Crippen LogP contribution < -0.4 is 15.4 Å². The van der Waals surface area contributed by atoms with Crippen LogP contribution in [0.1, 0.15) is 17.5 Å². The van der Waals surface area contributed by atoms with E-state index in [1.807, 2.05) is 12.1 Å². The third-order valence-electron chi connectivity index (χ3n) is 4.67. The average molecular weight is 417 g/mol. The highest BCUT2D eigenvalue weighted by molar-refractivity contribution is 7.89. The summed E-state index contributed by atoms with van der Waals surface area (Å²) < 4.78 is 31.8. The Morgan fingerprint density at radius 2 is 2.00 bits per heavy atom. The van der Waals surface area contributed by atoms with E-state index in [1.165, 1.54) is 13.1 Å². The second-order valence-corrected chi connectivity index (χ2v) is 8.80. The second kappa shape index (κ2) is 8.62. The van der Waals surface area contributed by atoms with Gasteiger partial charge in [0, 0.05) is 25.7 Å². The van der Waals surface area contributed by atoms with Crippen molar-refractivity contribution < 1.29 is 22.7 Å². The van der Waals surface area contributed by atoms with E-state index < -0.39 is 15.9 Å². The molecule has 9 heteroatoms. The fourth-order valence-electron chi connectivity index (χ4n) is 3.03. The molecule has 0 radical (unpaired) electrons. The second-order valence-electron chi connectivity index (χ2n) is 6.76. The normalized spacial score (nSPS) is 13.6. The molecular weight excluding hydrogens is 394 g/mol. The molecule has 1 aliphatic rings. The minimum absolute atomic E-state index is 0.0852. The first-order chi connectivity index (χ1) is 13.8. The van der Waals surface area contributed by atoms with Crippen molar-refractivity contribution in [2.45, 2.75) is 24.3 Å². The van der Waals surface area contributed by atoms with Gasteiger partial charge in [0.15, 0.2) is 0 Å². The number of methoxy groups -OCH3 is 1. The van der Waals surface area contributed by atoms with Gasteiger partial charge in [-0.3, -0.25) is 9.59 Å². The number of benzene rings is 2. The molecule has 2 aromatic carbocycles. The van der Waals surface area contributed by atoms with Gasteiger partial charge in [-0.1, -0.05) is 12.1 Å². The first kappa shape index (κ1) is 20.8. The first-order valence-corrected chi connectivity index (χ1v) is 10.5. The van der Waals surface area contributed by atoms with E-state index in [9.17, 15) is 18.0 Å². The fraction of sp³-hybridized carbons (Fsp3) is 0.300. The maximum Gasteiger partial charge on any atom is 0.243 e. The van der Waals surface area contributed by atoms with Gasteiger partial charge in [-0.05, 0) is 47.9 Å². The zero-order chi connectivity index (χ0) is 21.0. The number of fused-ring (bicyclic) bond motifs is 1. The third kappa shape index (κ3) is 4.93. The van der Waals surface area contributed by atoms with Crippen LogP contribution in [0.2, 0.25) is 0 Å². The van der Waals surface area contributed by atoms with Crippen LogP contribution in [-0.4, -0.2) is 45.2 Å². The van der Waals surface area contributed by atoms with Crippen LogP contribution >= 0.6 is 0 Å². The molecule has 3 rings (SSSR count). The maximum absolute atomic E-state index is 12.8. The number of nitrogens with one attached hydrogen (secondary N) is 2. The lowest BCUT2D eigenvalue weighted by Crippen LogP contribution is -2.38. The van der Waals surface area contributed by atoms with Crippen LogP contribution in [0, 0.1) is 0 Å². The molecule has 0 saturated carbocycles. The summed E-state index contributed by atoms with van der Waals surface area (Å²) in [5, 5.41) is 5.43. The first-order valence-electron chi connectivity index (χ1n) is 9.08. The molecule has 2 N–H and O–H groups in total. The molecule has 29 heavy (non-hydrogen) atoms. The van der Waals surface area contributed by atoms with E-state index >= 15 is 0 Å². The summed E-state index contributed by atoms with van der Waals surface area (Å²) >= 11 is 0. The topological polar surface area (TPSA) is 105 Å². The number of likely N-dealkylation sites (N-methyl/N-ethyl adjacent to an activating group) is 1. The van der Waals surface area contributed by atoms with Crippen LogP contribution in [0.25, 0.3) is 0 Å². The van der Waals surface area contributed by atoms with Crippen molar-refractivity contribution in [1.29, 1.82) is 0 Å². The zero-order valence-electron chi connectivity index (χ0n) is 16.3. The lowest BCUT2D eigenvalue weighted by molar-refractivity contribution is -0.121. The molecule has 2 amide bonds. The van der Waals surface area contributed by atoms with Gasteiger partial charge < -0.3 is 15.4 Å². The van der Waals surface area contributed by atoms with E-state index in [0.717, 1.165) is 15.4 Å². The highest BCUT2D eigenvalue weighted by Gasteiger charge is 2.25. The van der Waals surface area contributed by atoms with Crippen LogP contribution in [0.4, 0.5) is 5.69 Å². The van der Waals surface area contributed by atoms with Crippen molar-refractivity contribution in [2.24, 2.45) is 0 Å². The standard InChI is InChI=1S/C20H23N3O5S/c1-23(13-20(25)21-12-14-4-3-5-16(10-14)28-2)29(26,27)17-7-8-18-15(11-17)6-9-19(24)22-18/h3-5,7-8,10-11H,6,9,12-13H2,1-2H3,(H,21,25)(H,22,24). The summed E-state index contributed by atoms with van der Waals surface area (Å²) in [7, 11) is -0.910. The minimum atomic E-state index is -3.83. The molecule has 0 bridgehead atoms. The van der Waals surface area contributed by atoms with Gasteiger partial charge in [0.1, 0.15) is 5.75 Å². The van der Waals surface area contributed by atoms with Gasteiger partial charge in [-0.25, -0.2) is 8.42 Å². The van der Waals surface area contributed by atoms with E-state index in [0.29, 0.717) is 24.3 Å². The van der Waals surface area contributed by atoms with Crippen LogP contribution in [0.15, 0.2) is 47.4 Å². The Kier molecular flexibility index (Phi) is 6.19. The number of ether oxygens (including phenoxy) is 1. The van der Waals surface area contributed by atoms with Crippen molar-refractivity contribution in [3.05, 3.63) is 53.6 Å². The average Bonchev–Trinajstić information content (AvgIpc) is 2.71. The Bertz CT molecular complexity index is 1040. The van der Waals surface area contributed by atoms with Gasteiger partial charge in [-0.2, -0.15) is 4.31 Å². The van der Waals surface area contributed by atoms with Gasteiger partial charge in [0.2, 0.25) is 21.8 Å². The molecule has 0 unspecified atom stereocenters. The molecule has 0 aromatic heterocycles. The molecular formula is C20H23N3O5S. The van der Waals surface area contributed by atoms with E-state index in [2.05, 4.69) is 10.6 Å². The molecule has 0 atom stereocenters. The summed E-state index contributed by atoms with van der Waals surface area (Å²) in [6.07, 6.45) is 0.800. The lowest BCUT2D eigenvalue weighted by atomic mass is 10.0.